The molecule has 6 heteroatoms. The normalized spacial score (nSPS) is 13.0. The molecule has 0 unspecified atom stereocenters. The summed E-state index contributed by atoms with van der Waals surface area (Å²) >= 11 is 3.47. The van der Waals surface area contributed by atoms with Gasteiger partial charge in [0, 0.05) is 33.5 Å². The van der Waals surface area contributed by atoms with Crippen molar-refractivity contribution in [3.63, 3.8) is 0 Å². The van der Waals surface area contributed by atoms with Crippen LogP contribution in [-0.2, 0) is 6.42 Å². The lowest BCUT2D eigenvalue weighted by Gasteiger charge is -2.30. The van der Waals surface area contributed by atoms with Crippen molar-refractivity contribution in [3.05, 3.63) is 92.7 Å². The van der Waals surface area contributed by atoms with Crippen molar-refractivity contribution < 1.29 is 14.0 Å². The van der Waals surface area contributed by atoms with E-state index in [1.807, 2.05) is 38.1 Å². The number of carbonyl (C=O) groups excluding carboxylic acids is 2. The quantitative estimate of drug-likeness (QED) is 0.495. The second-order valence-electron chi connectivity index (χ2n) is 7.78. The Balaban J connectivity index is 1.59. The van der Waals surface area contributed by atoms with E-state index in [1.54, 1.807) is 11.0 Å². The van der Waals surface area contributed by atoms with Crippen LogP contribution >= 0.6 is 15.9 Å². The summed E-state index contributed by atoms with van der Waals surface area (Å²) in [5, 5.41) is 3.02. The molecular formula is C25H22BrFN2O2. The molecule has 0 fully saturated rings. The van der Waals surface area contributed by atoms with E-state index in [0.29, 0.717) is 17.7 Å². The first-order valence-electron chi connectivity index (χ1n) is 10.1. The number of halogens is 2. The van der Waals surface area contributed by atoms with Gasteiger partial charge in [-0.25, -0.2) is 4.39 Å². The number of hydrogen-bond donors (Lipinski definition) is 1. The summed E-state index contributed by atoms with van der Waals surface area (Å²) in [6, 6.07) is 14.9. The molecule has 3 aromatic carbocycles. The number of anilines is 2. The highest BCUT2D eigenvalue weighted by molar-refractivity contribution is 9.10. The van der Waals surface area contributed by atoms with Gasteiger partial charge in [-0.1, -0.05) is 15.9 Å². The first-order valence-corrected chi connectivity index (χ1v) is 10.9. The number of benzene rings is 3. The molecule has 3 aromatic rings. The fourth-order valence-electron chi connectivity index (χ4n) is 3.99. The van der Waals surface area contributed by atoms with Crippen LogP contribution in [0.15, 0.2) is 59.1 Å². The van der Waals surface area contributed by atoms with Crippen molar-refractivity contribution in [2.75, 3.05) is 16.8 Å². The molecule has 4 nitrogen and oxygen atoms in total. The zero-order valence-electron chi connectivity index (χ0n) is 17.3. The molecule has 0 aromatic heterocycles. The highest BCUT2D eigenvalue weighted by atomic mass is 79.9. The maximum Gasteiger partial charge on any atom is 0.258 e. The minimum Gasteiger partial charge on any atom is -0.322 e. The summed E-state index contributed by atoms with van der Waals surface area (Å²) < 4.78 is 14.2. The molecule has 0 atom stereocenters. The van der Waals surface area contributed by atoms with Crippen molar-refractivity contribution >= 4 is 39.1 Å². The Morgan fingerprint density at radius 1 is 0.968 bits per heavy atom. The van der Waals surface area contributed by atoms with Gasteiger partial charge in [-0.3, -0.25) is 9.59 Å². The Bertz CT molecular complexity index is 1150. The maximum atomic E-state index is 13.2. The van der Waals surface area contributed by atoms with Crippen LogP contribution in [0.2, 0.25) is 0 Å². The second-order valence-corrected chi connectivity index (χ2v) is 8.70. The Hall–Kier alpha value is -2.99. The van der Waals surface area contributed by atoms with Gasteiger partial charge >= 0.3 is 0 Å². The van der Waals surface area contributed by atoms with Gasteiger partial charge in [-0.15, -0.1) is 0 Å². The van der Waals surface area contributed by atoms with E-state index >= 15 is 0 Å². The zero-order chi connectivity index (χ0) is 22.1. The van der Waals surface area contributed by atoms with E-state index in [0.717, 1.165) is 45.4 Å². The van der Waals surface area contributed by atoms with Gasteiger partial charge in [0.2, 0.25) is 0 Å². The lowest BCUT2D eigenvalue weighted by molar-refractivity contribution is 0.0984. The van der Waals surface area contributed by atoms with Crippen LogP contribution < -0.4 is 10.2 Å². The minimum atomic E-state index is -0.373. The number of carbonyl (C=O) groups is 2. The Labute approximate surface area is 189 Å². The highest BCUT2D eigenvalue weighted by Crippen LogP contribution is 2.30. The topological polar surface area (TPSA) is 49.4 Å². The number of amides is 2. The first kappa shape index (κ1) is 21.2. The average molecular weight is 481 g/mol. The Morgan fingerprint density at radius 3 is 2.29 bits per heavy atom. The van der Waals surface area contributed by atoms with E-state index in [9.17, 15) is 14.0 Å². The lowest BCUT2D eigenvalue weighted by atomic mass is 9.98. The number of hydrogen-bond acceptors (Lipinski definition) is 2. The maximum absolute atomic E-state index is 13.2. The van der Waals surface area contributed by atoms with E-state index in [-0.39, 0.29) is 17.6 Å². The molecule has 158 valence electrons. The third-order valence-electron chi connectivity index (χ3n) is 5.53. The van der Waals surface area contributed by atoms with Gasteiger partial charge in [0.25, 0.3) is 11.8 Å². The zero-order valence-corrected chi connectivity index (χ0v) is 18.9. The molecule has 0 saturated carbocycles. The van der Waals surface area contributed by atoms with Crippen LogP contribution in [0.1, 0.15) is 43.8 Å². The van der Waals surface area contributed by atoms with Gasteiger partial charge in [0.05, 0.1) is 0 Å². The smallest absolute Gasteiger partial charge is 0.258 e. The number of nitrogens with zero attached hydrogens (tertiary/aromatic N) is 1. The van der Waals surface area contributed by atoms with Crippen molar-refractivity contribution in [1.29, 1.82) is 0 Å². The Kier molecular flexibility index (Phi) is 5.92. The van der Waals surface area contributed by atoms with Crippen LogP contribution in [0, 0.1) is 19.7 Å². The van der Waals surface area contributed by atoms with Crippen LogP contribution in [0.5, 0.6) is 0 Å². The van der Waals surface area contributed by atoms with Crippen molar-refractivity contribution in [2.45, 2.75) is 26.7 Å². The molecular weight excluding hydrogens is 459 g/mol. The van der Waals surface area contributed by atoms with E-state index in [4.69, 9.17) is 0 Å². The summed E-state index contributed by atoms with van der Waals surface area (Å²) in [6.07, 6.45) is 1.59. The first-order chi connectivity index (χ1) is 14.8. The third kappa shape index (κ3) is 4.39. The van der Waals surface area contributed by atoms with E-state index < -0.39 is 0 Å². The fraction of sp³-hybridized carbons (Fsp3) is 0.200. The highest BCUT2D eigenvalue weighted by Gasteiger charge is 2.24. The summed E-state index contributed by atoms with van der Waals surface area (Å²) in [7, 11) is 0. The molecule has 1 aliphatic rings. The van der Waals surface area contributed by atoms with Crippen LogP contribution in [0.3, 0.4) is 0 Å². The predicted molar refractivity (Wildman–Crippen MR) is 124 cm³/mol. The summed E-state index contributed by atoms with van der Waals surface area (Å²) in [5.41, 5.74) is 5.52. The molecule has 2 amide bonds. The standard InChI is InChI=1S/C25H22BrFN2O2/c1-15-12-20(26)13-16(2)23(15)28-24(30)19-7-10-22-18(14-19)4-3-11-29(22)25(31)17-5-8-21(27)9-6-17/h5-10,12-14H,3-4,11H2,1-2H3,(H,28,30). The number of fused-ring (bicyclic) bond motifs is 1. The molecule has 0 aliphatic carbocycles. The molecule has 0 spiro atoms. The number of nitrogens with one attached hydrogen (secondary N) is 1. The molecule has 1 N–H and O–H groups in total. The van der Waals surface area contributed by atoms with Crippen molar-refractivity contribution in [3.8, 4) is 0 Å². The minimum absolute atomic E-state index is 0.167. The summed E-state index contributed by atoms with van der Waals surface area (Å²) in [6.45, 7) is 4.50. The fourth-order valence-corrected chi connectivity index (χ4v) is 4.68. The third-order valence-corrected chi connectivity index (χ3v) is 5.99. The lowest BCUT2D eigenvalue weighted by Crippen LogP contribution is -2.35. The second kappa shape index (κ2) is 8.63. The van der Waals surface area contributed by atoms with Crippen molar-refractivity contribution in [1.82, 2.24) is 0 Å². The SMILES string of the molecule is Cc1cc(Br)cc(C)c1NC(=O)c1ccc2c(c1)CCCN2C(=O)c1ccc(F)cc1. The molecule has 4 rings (SSSR count). The van der Waals surface area contributed by atoms with Gasteiger partial charge < -0.3 is 10.2 Å². The van der Waals surface area contributed by atoms with Gasteiger partial charge in [-0.2, -0.15) is 0 Å². The number of aryl methyl sites for hydroxylation is 3. The van der Waals surface area contributed by atoms with E-state index in [1.165, 1.54) is 24.3 Å². The van der Waals surface area contributed by atoms with Gasteiger partial charge in [-0.05, 0) is 98.0 Å². The largest absolute Gasteiger partial charge is 0.322 e. The molecule has 1 heterocycles. The monoisotopic (exact) mass is 480 g/mol. The number of rotatable bonds is 3. The summed E-state index contributed by atoms with van der Waals surface area (Å²) in [5.74, 6) is -0.722. The average Bonchev–Trinajstić information content (AvgIpc) is 2.75. The van der Waals surface area contributed by atoms with Crippen LogP contribution in [0.25, 0.3) is 0 Å². The van der Waals surface area contributed by atoms with Crippen molar-refractivity contribution in [2.24, 2.45) is 0 Å². The van der Waals surface area contributed by atoms with Crippen LogP contribution in [0.4, 0.5) is 15.8 Å². The predicted octanol–water partition coefficient (Wildman–Crippen LogP) is 6.05. The van der Waals surface area contributed by atoms with Crippen LogP contribution in [-0.4, -0.2) is 18.4 Å². The van der Waals surface area contributed by atoms with Gasteiger partial charge in [0.15, 0.2) is 0 Å². The van der Waals surface area contributed by atoms with E-state index in [2.05, 4.69) is 21.2 Å². The summed E-state index contributed by atoms with van der Waals surface area (Å²) in [4.78, 5) is 27.6. The Morgan fingerprint density at radius 2 is 1.61 bits per heavy atom. The van der Waals surface area contributed by atoms with Gasteiger partial charge in [0.1, 0.15) is 5.82 Å². The molecule has 0 saturated heterocycles. The molecule has 0 radical (unpaired) electrons. The molecule has 0 bridgehead atoms. The molecule has 31 heavy (non-hydrogen) atoms. The molecule has 1 aliphatic heterocycles.